The van der Waals surface area contributed by atoms with Gasteiger partial charge < -0.3 is 0 Å². The predicted octanol–water partition coefficient (Wildman–Crippen LogP) is 1.78. The number of Topliss-reactive ketones (excluding diaryl/α,β-unsaturated/α-hetero) is 1. The number of aryl methyl sites for hydroxylation is 1. The molecule has 0 radical (unpaired) electrons. The maximum absolute atomic E-state index is 11.6. The van der Waals surface area contributed by atoms with E-state index in [0.29, 0.717) is 19.3 Å². The van der Waals surface area contributed by atoms with Crippen molar-refractivity contribution in [3.63, 3.8) is 0 Å². The van der Waals surface area contributed by atoms with Crippen LogP contribution in [0.25, 0.3) is 0 Å². The summed E-state index contributed by atoms with van der Waals surface area (Å²) in [5, 5.41) is 2.72. The van der Waals surface area contributed by atoms with Gasteiger partial charge in [-0.05, 0) is 13.3 Å². The first-order valence-electron chi connectivity index (χ1n) is 5.56. The van der Waals surface area contributed by atoms with E-state index in [-0.39, 0.29) is 17.3 Å². The van der Waals surface area contributed by atoms with Gasteiger partial charge in [0.25, 0.3) is 0 Å². The lowest BCUT2D eigenvalue weighted by Crippen LogP contribution is -2.11. The molecule has 1 aromatic rings. The fraction of sp³-hybridized carbons (Fsp3) is 0.636. The number of nitrogens with zero attached hydrogens (tertiary/aromatic N) is 1. The molecule has 0 saturated carbocycles. The molecular formula is C11H17NO3S2. The second-order valence-electron chi connectivity index (χ2n) is 3.94. The van der Waals surface area contributed by atoms with Crippen LogP contribution in [-0.4, -0.2) is 30.7 Å². The average molecular weight is 275 g/mol. The predicted molar refractivity (Wildman–Crippen MR) is 69.1 cm³/mol. The third kappa shape index (κ3) is 5.41. The third-order valence-electron chi connectivity index (χ3n) is 2.37. The molecule has 96 valence electrons. The lowest BCUT2D eigenvalue weighted by molar-refractivity contribution is -0.118. The van der Waals surface area contributed by atoms with E-state index >= 15 is 0 Å². The van der Waals surface area contributed by atoms with Crippen molar-refractivity contribution in [2.45, 2.75) is 33.1 Å². The Morgan fingerprint density at radius 3 is 2.71 bits per heavy atom. The molecule has 0 saturated heterocycles. The molecule has 1 aromatic heterocycles. The van der Waals surface area contributed by atoms with Gasteiger partial charge >= 0.3 is 0 Å². The van der Waals surface area contributed by atoms with Gasteiger partial charge in [0.15, 0.2) is 0 Å². The molecule has 0 amide bonds. The molecule has 0 aliphatic rings. The summed E-state index contributed by atoms with van der Waals surface area (Å²) in [5.41, 5.74) is 0.923. The summed E-state index contributed by atoms with van der Waals surface area (Å²) in [6.07, 6.45) is 1.06. The zero-order valence-corrected chi connectivity index (χ0v) is 11.7. The Bertz CT molecular complexity index is 477. The van der Waals surface area contributed by atoms with Gasteiger partial charge in [-0.3, -0.25) is 4.79 Å². The van der Waals surface area contributed by atoms with E-state index in [9.17, 15) is 13.2 Å². The summed E-state index contributed by atoms with van der Waals surface area (Å²) >= 11 is 1.47. The second kappa shape index (κ2) is 6.26. The molecule has 0 aliphatic carbocycles. The summed E-state index contributed by atoms with van der Waals surface area (Å²) in [4.78, 5) is 15.8. The highest BCUT2D eigenvalue weighted by Crippen LogP contribution is 2.11. The number of aromatic nitrogens is 1. The summed E-state index contributed by atoms with van der Waals surface area (Å²) in [7, 11) is -2.95. The number of carbonyl (C=O) groups excluding carboxylic acids is 1. The highest BCUT2D eigenvalue weighted by molar-refractivity contribution is 7.91. The molecule has 0 atom stereocenters. The van der Waals surface area contributed by atoms with Crippen molar-refractivity contribution in [3.05, 3.63) is 16.1 Å². The SMILES string of the molecule is CCS(=O)(=O)CCCC(=O)Cc1nc(C)cs1. The first-order valence-corrected chi connectivity index (χ1v) is 8.26. The van der Waals surface area contributed by atoms with Crippen LogP contribution >= 0.6 is 11.3 Å². The van der Waals surface area contributed by atoms with Crippen LogP contribution in [0.5, 0.6) is 0 Å². The van der Waals surface area contributed by atoms with Crippen molar-refractivity contribution >= 4 is 27.0 Å². The molecule has 4 nitrogen and oxygen atoms in total. The Labute approximate surface area is 106 Å². The van der Waals surface area contributed by atoms with Crippen LogP contribution in [0.15, 0.2) is 5.38 Å². The van der Waals surface area contributed by atoms with E-state index in [1.165, 1.54) is 11.3 Å². The molecule has 1 heterocycles. The van der Waals surface area contributed by atoms with Gasteiger partial charge in [-0.15, -0.1) is 11.3 Å². The molecule has 6 heteroatoms. The van der Waals surface area contributed by atoms with E-state index in [4.69, 9.17) is 0 Å². The molecule has 0 unspecified atom stereocenters. The van der Waals surface area contributed by atoms with Crippen LogP contribution in [-0.2, 0) is 21.1 Å². The van der Waals surface area contributed by atoms with Gasteiger partial charge in [-0.25, -0.2) is 13.4 Å². The van der Waals surface area contributed by atoms with Gasteiger partial charge in [-0.1, -0.05) is 6.92 Å². The van der Waals surface area contributed by atoms with Crippen molar-refractivity contribution in [1.29, 1.82) is 0 Å². The Balaban J connectivity index is 2.31. The lowest BCUT2D eigenvalue weighted by atomic mass is 10.2. The molecule has 17 heavy (non-hydrogen) atoms. The minimum atomic E-state index is -2.95. The monoisotopic (exact) mass is 275 g/mol. The van der Waals surface area contributed by atoms with Gasteiger partial charge in [0.2, 0.25) is 0 Å². The van der Waals surface area contributed by atoms with Gasteiger partial charge in [-0.2, -0.15) is 0 Å². The number of ketones is 1. The van der Waals surface area contributed by atoms with Crippen molar-refractivity contribution in [2.24, 2.45) is 0 Å². The van der Waals surface area contributed by atoms with Gasteiger partial charge in [0.1, 0.15) is 20.6 Å². The van der Waals surface area contributed by atoms with Gasteiger partial charge in [0, 0.05) is 23.2 Å². The largest absolute Gasteiger partial charge is 0.299 e. The fourth-order valence-electron chi connectivity index (χ4n) is 1.37. The quantitative estimate of drug-likeness (QED) is 0.761. The first-order chi connectivity index (χ1) is 7.93. The molecule has 0 aliphatic heterocycles. The van der Waals surface area contributed by atoms with E-state index in [0.717, 1.165) is 10.7 Å². The highest BCUT2D eigenvalue weighted by atomic mass is 32.2. The molecule has 0 fully saturated rings. The number of hydrogen-bond donors (Lipinski definition) is 0. The Kier molecular flexibility index (Phi) is 5.27. The number of sulfone groups is 1. The van der Waals surface area contributed by atoms with Crippen molar-refractivity contribution in [3.8, 4) is 0 Å². The Morgan fingerprint density at radius 1 is 1.47 bits per heavy atom. The minimum absolute atomic E-state index is 0.0608. The number of hydrogen-bond acceptors (Lipinski definition) is 5. The summed E-state index contributed by atoms with van der Waals surface area (Å²) in [6.45, 7) is 3.51. The summed E-state index contributed by atoms with van der Waals surface area (Å²) in [6, 6.07) is 0. The molecule has 0 spiro atoms. The van der Waals surface area contributed by atoms with E-state index < -0.39 is 9.84 Å². The Morgan fingerprint density at radius 2 is 2.18 bits per heavy atom. The average Bonchev–Trinajstić information content (AvgIpc) is 2.63. The van der Waals surface area contributed by atoms with Crippen LogP contribution in [0.4, 0.5) is 0 Å². The molecule has 0 aromatic carbocycles. The topological polar surface area (TPSA) is 64.1 Å². The fourth-order valence-corrected chi connectivity index (χ4v) is 3.05. The maximum atomic E-state index is 11.6. The van der Waals surface area contributed by atoms with Crippen molar-refractivity contribution in [2.75, 3.05) is 11.5 Å². The van der Waals surface area contributed by atoms with Crippen LogP contribution in [0.2, 0.25) is 0 Å². The van der Waals surface area contributed by atoms with E-state index in [1.54, 1.807) is 6.92 Å². The minimum Gasteiger partial charge on any atom is -0.299 e. The Hall–Kier alpha value is -0.750. The normalized spacial score (nSPS) is 11.6. The highest BCUT2D eigenvalue weighted by Gasteiger charge is 2.10. The smallest absolute Gasteiger partial charge is 0.150 e. The zero-order chi connectivity index (χ0) is 12.9. The van der Waals surface area contributed by atoms with Crippen LogP contribution in [0.3, 0.4) is 0 Å². The van der Waals surface area contributed by atoms with Gasteiger partial charge in [0.05, 0.1) is 12.2 Å². The first kappa shape index (κ1) is 14.3. The summed E-state index contributed by atoms with van der Waals surface area (Å²) in [5.74, 6) is 0.310. The van der Waals surface area contributed by atoms with E-state index in [1.807, 2.05) is 12.3 Å². The molecule has 0 bridgehead atoms. The number of rotatable bonds is 7. The maximum Gasteiger partial charge on any atom is 0.150 e. The number of thiazole rings is 1. The van der Waals surface area contributed by atoms with Crippen LogP contribution in [0, 0.1) is 6.92 Å². The summed E-state index contributed by atoms with van der Waals surface area (Å²) < 4.78 is 22.4. The van der Waals surface area contributed by atoms with Crippen molar-refractivity contribution < 1.29 is 13.2 Å². The number of carbonyl (C=O) groups is 1. The standard InChI is InChI=1S/C11H17NO3S2/c1-3-17(14,15)6-4-5-10(13)7-11-12-9(2)8-16-11/h8H,3-7H2,1-2H3. The van der Waals surface area contributed by atoms with Crippen LogP contribution in [0.1, 0.15) is 30.5 Å². The molecular weight excluding hydrogens is 258 g/mol. The molecule has 0 N–H and O–H groups in total. The van der Waals surface area contributed by atoms with Crippen molar-refractivity contribution in [1.82, 2.24) is 4.98 Å². The zero-order valence-electron chi connectivity index (χ0n) is 10.1. The second-order valence-corrected chi connectivity index (χ2v) is 7.35. The third-order valence-corrected chi connectivity index (χ3v) is 5.12. The van der Waals surface area contributed by atoms with E-state index in [2.05, 4.69) is 4.98 Å². The lowest BCUT2D eigenvalue weighted by Gasteiger charge is -2.00. The van der Waals surface area contributed by atoms with Crippen LogP contribution < -0.4 is 0 Å². The molecule has 1 rings (SSSR count).